The quantitative estimate of drug-likeness (QED) is 0.778. The summed E-state index contributed by atoms with van der Waals surface area (Å²) in [7, 11) is 0. The van der Waals surface area contributed by atoms with Gasteiger partial charge in [0.15, 0.2) is 0 Å². The minimum Gasteiger partial charge on any atom is -0.310 e. The van der Waals surface area contributed by atoms with Crippen LogP contribution in [0.2, 0.25) is 0 Å². The topological polar surface area (TPSA) is 12.0 Å². The van der Waals surface area contributed by atoms with Gasteiger partial charge in [-0.3, -0.25) is 0 Å². The first-order chi connectivity index (χ1) is 8.40. The number of nitrogens with one attached hydrogen (secondary N) is 1. The fourth-order valence-corrected chi connectivity index (χ4v) is 3.36. The molecule has 1 N–H and O–H groups in total. The molecule has 2 aromatic heterocycles. The van der Waals surface area contributed by atoms with E-state index in [1.165, 1.54) is 29.7 Å². The molecule has 0 saturated carbocycles. The molecule has 0 aliphatic carbocycles. The Balaban J connectivity index is 1.91. The van der Waals surface area contributed by atoms with Crippen LogP contribution in [0.15, 0.2) is 34.3 Å². The lowest BCUT2D eigenvalue weighted by molar-refractivity contribution is 0.502. The lowest BCUT2D eigenvalue weighted by Gasteiger charge is -2.17. The van der Waals surface area contributed by atoms with Crippen LogP contribution in [0.3, 0.4) is 0 Å². The molecule has 2 rings (SSSR count). The zero-order valence-corrected chi connectivity index (χ0v) is 11.8. The monoisotopic (exact) mass is 265 g/mol. The molecule has 0 aliphatic rings. The summed E-state index contributed by atoms with van der Waals surface area (Å²) in [6.07, 6.45) is 3.56. The summed E-state index contributed by atoms with van der Waals surface area (Å²) in [4.78, 5) is 1.49. The molecule has 0 saturated heterocycles. The van der Waals surface area contributed by atoms with E-state index < -0.39 is 0 Å². The molecule has 0 radical (unpaired) electrons. The molecule has 0 aromatic carbocycles. The van der Waals surface area contributed by atoms with E-state index in [2.05, 4.69) is 46.6 Å². The average Bonchev–Trinajstić information content (AvgIpc) is 3.01. The van der Waals surface area contributed by atoms with E-state index in [-0.39, 0.29) is 0 Å². The Labute approximate surface area is 112 Å². The van der Waals surface area contributed by atoms with Crippen LogP contribution in [0.4, 0.5) is 0 Å². The Bertz CT molecular complexity index is 392. The molecule has 0 spiro atoms. The maximum Gasteiger partial charge on any atom is 0.0331 e. The Morgan fingerprint density at radius 1 is 1.29 bits per heavy atom. The van der Waals surface area contributed by atoms with Gasteiger partial charge in [0, 0.05) is 10.9 Å². The SMILES string of the molecule is CCCNC(CCc1cccs1)c1ccsc1. The van der Waals surface area contributed by atoms with Crippen molar-refractivity contribution >= 4 is 22.7 Å². The second-order valence-electron chi connectivity index (χ2n) is 4.18. The zero-order chi connectivity index (χ0) is 11.9. The fraction of sp³-hybridized carbons (Fsp3) is 0.429. The van der Waals surface area contributed by atoms with Crippen LogP contribution < -0.4 is 5.32 Å². The van der Waals surface area contributed by atoms with E-state index in [9.17, 15) is 0 Å². The molecule has 0 aliphatic heterocycles. The largest absolute Gasteiger partial charge is 0.310 e. The number of thiophene rings is 2. The van der Waals surface area contributed by atoms with Gasteiger partial charge in [-0.25, -0.2) is 0 Å². The maximum absolute atomic E-state index is 3.65. The summed E-state index contributed by atoms with van der Waals surface area (Å²) in [5, 5.41) is 10.2. The number of hydrogen-bond donors (Lipinski definition) is 1. The highest BCUT2D eigenvalue weighted by Gasteiger charge is 2.11. The smallest absolute Gasteiger partial charge is 0.0331 e. The van der Waals surface area contributed by atoms with Gasteiger partial charge in [-0.1, -0.05) is 13.0 Å². The number of rotatable bonds is 7. The third kappa shape index (κ3) is 3.95. The van der Waals surface area contributed by atoms with Crippen LogP contribution >= 0.6 is 22.7 Å². The first-order valence-electron chi connectivity index (χ1n) is 6.18. The molecule has 3 heteroatoms. The molecule has 1 atom stereocenters. The van der Waals surface area contributed by atoms with E-state index in [1.807, 2.05) is 11.3 Å². The highest BCUT2D eigenvalue weighted by Crippen LogP contribution is 2.23. The summed E-state index contributed by atoms with van der Waals surface area (Å²) < 4.78 is 0. The van der Waals surface area contributed by atoms with Crippen LogP contribution in [-0.2, 0) is 6.42 Å². The molecule has 2 aromatic rings. The molecular formula is C14H19NS2. The van der Waals surface area contributed by atoms with Gasteiger partial charge in [-0.05, 0) is 59.6 Å². The summed E-state index contributed by atoms with van der Waals surface area (Å²) in [6, 6.07) is 7.13. The van der Waals surface area contributed by atoms with Gasteiger partial charge in [0.1, 0.15) is 0 Å². The van der Waals surface area contributed by atoms with E-state index in [0.29, 0.717) is 6.04 Å². The van der Waals surface area contributed by atoms with Crippen molar-refractivity contribution in [2.75, 3.05) is 6.54 Å². The molecule has 2 heterocycles. The highest BCUT2D eigenvalue weighted by atomic mass is 32.1. The van der Waals surface area contributed by atoms with E-state index in [4.69, 9.17) is 0 Å². The maximum atomic E-state index is 3.65. The number of aryl methyl sites for hydroxylation is 1. The van der Waals surface area contributed by atoms with Gasteiger partial charge in [-0.2, -0.15) is 11.3 Å². The lowest BCUT2D eigenvalue weighted by Crippen LogP contribution is -2.22. The minimum atomic E-state index is 0.517. The van der Waals surface area contributed by atoms with Gasteiger partial charge < -0.3 is 5.32 Å². The van der Waals surface area contributed by atoms with Crippen molar-refractivity contribution < 1.29 is 0 Å². The minimum absolute atomic E-state index is 0.517. The van der Waals surface area contributed by atoms with Crippen LogP contribution in [0, 0.1) is 0 Å². The van der Waals surface area contributed by atoms with Gasteiger partial charge in [0.05, 0.1) is 0 Å². The van der Waals surface area contributed by atoms with Crippen molar-refractivity contribution in [1.82, 2.24) is 5.32 Å². The zero-order valence-electron chi connectivity index (χ0n) is 10.2. The summed E-state index contributed by atoms with van der Waals surface area (Å²) in [5.74, 6) is 0. The molecule has 1 nitrogen and oxygen atoms in total. The van der Waals surface area contributed by atoms with Crippen molar-refractivity contribution in [3.05, 3.63) is 44.8 Å². The van der Waals surface area contributed by atoms with Crippen molar-refractivity contribution in [2.24, 2.45) is 0 Å². The molecule has 0 fully saturated rings. The summed E-state index contributed by atoms with van der Waals surface area (Å²) in [5.41, 5.74) is 1.44. The molecule has 0 amide bonds. The second kappa shape index (κ2) is 6.94. The Kier molecular flexibility index (Phi) is 5.23. The molecule has 0 bridgehead atoms. The van der Waals surface area contributed by atoms with E-state index >= 15 is 0 Å². The normalized spacial score (nSPS) is 12.8. The van der Waals surface area contributed by atoms with Crippen molar-refractivity contribution in [3.63, 3.8) is 0 Å². The predicted molar refractivity (Wildman–Crippen MR) is 78.0 cm³/mol. The summed E-state index contributed by atoms with van der Waals surface area (Å²) >= 11 is 3.65. The Hall–Kier alpha value is -0.640. The molecule has 17 heavy (non-hydrogen) atoms. The Morgan fingerprint density at radius 3 is 2.88 bits per heavy atom. The third-order valence-electron chi connectivity index (χ3n) is 2.85. The molecule has 1 unspecified atom stereocenters. The van der Waals surface area contributed by atoms with Crippen LogP contribution in [0.5, 0.6) is 0 Å². The Morgan fingerprint density at radius 2 is 2.24 bits per heavy atom. The van der Waals surface area contributed by atoms with E-state index in [0.717, 1.165) is 6.54 Å². The van der Waals surface area contributed by atoms with Gasteiger partial charge in [-0.15, -0.1) is 11.3 Å². The first kappa shape index (κ1) is 12.8. The van der Waals surface area contributed by atoms with Crippen molar-refractivity contribution in [1.29, 1.82) is 0 Å². The standard InChI is InChI=1S/C14H19NS2/c1-2-8-15-14(12-7-10-16-11-12)6-5-13-4-3-9-17-13/h3-4,7,9-11,14-15H,2,5-6,8H2,1H3. The third-order valence-corrected chi connectivity index (χ3v) is 4.48. The predicted octanol–water partition coefficient (Wildman–Crippen LogP) is 4.48. The van der Waals surface area contributed by atoms with Crippen LogP contribution in [-0.4, -0.2) is 6.54 Å². The average molecular weight is 265 g/mol. The fourth-order valence-electron chi connectivity index (χ4n) is 1.92. The van der Waals surface area contributed by atoms with E-state index in [1.54, 1.807) is 11.3 Å². The van der Waals surface area contributed by atoms with Crippen molar-refractivity contribution in [3.8, 4) is 0 Å². The highest BCUT2D eigenvalue weighted by molar-refractivity contribution is 7.09. The molecule has 92 valence electrons. The number of hydrogen-bond acceptors (Lipinski definition) is 3. The van der Waals surface area contributed by atoms with Crippen LogP contribution in [0.25, 0.3) is 0 Å². The lowest BCUT2D eigenvalue weighted by atomic mass is 10.0. The van der Waals surface area contributed by atoms with Crippen LogP contribution in [0.1, 0.15) is 36.2 Å². The van der Waals surface area contributed by atoms with Gasteiger partial charge >= 0.3 is 0 Å². The van der Waals surface area contributed by atoms with Gasteiger partial charge in [0.25, 0.3) is 0 Å². The second-order valence-corrected chi connectivity index (χ2v) is 5.99. The molecular weight excluding hydrogens is 246 g/mol. The van der Waals surface area contributed by atoms with Gasteiger partial charge in [0.2, 0.25) is 0 Å². The first-order valence-corrected chi connectivity index (χ1v) is 8.00. The summed E-state index contributed by atoms with van der Waals surface area (Å²) in [6.45, 7) is 3.32. The van der Waals surface area contributed by atoms with Crippen molar-refractivity contribution in [2.45, 2.75) is 32.2 Å².